The fraction of sp³-hybridized carbons (Fsp3) is 0.400. The van der Waals surface area contributed by atoms with E-state index < -0.39 is 17.8 Å². The highest BCUT2D eigenvalue weighted by Crippen LogP contribution is 2.19. The van der Waals surface area contributed by atoms with E-state index in [1.807, 2.05) is 13.8 Å². The van der Waals surface area contributed by atoms with Gasteiger partial charge in [-0.25, -0.2) is 4.39 Å². The van der Waals surface area contributed by atoms with E-state index in [9.17, 15) is 14.0 Å². The van der Waals surface area contributed by atoms with Crippen LogP contribution in [0.25, 0.3) is 0 Å². The zero-order valence-electron chi connectivity index (χ0n) is 15.8. The third kappa shape index (κ3) is 4.22. The normalized spacial score (nSPS) is 12.9. The number of carbonyl (C=O) groups is 2. The zero-order chi connectivity index (χ0) is 20.1. The van der Waals surface area contributed by atoms with Crippen molar-refractivity contribution in [3.63, 3.8) is 0 Å². The second-order valence-electron chi connectivity index (χ2n) is 6.36. The van der Waals surface area contributed by atoms with Gasteiger partial charge in [0.25, 0.3) is 5.91 Å². The summed E-state index contributed by atoms with van der Waals surface area (Å²) in [6.45, 7) is 7.12. The van der Waals surface area contributed by atoms with Gasteiger partial charge in [-0.15, -0.1) is 0 Å². The molecule has 0 fully saturated rings. The van der Waals surface area contributed by atoms with E-state index in [2.05, 4.69) is 10.5 Å². The largest absolute Gasteiger partial charge is 0.360 e. The van der Waals surface area contributed by atoms with Crippen molar-refractivity contribution in [3.8, 4) is 6.07 Å². The highest BCUT2D eigenvalue weighted by Gasteiger charge is 2.27. The van der Waals surface area contributed by atoms with Crippen LogP contribution in [0.15, 0.2) is 22.7 Å². The lowest BCUT2D eigenvalue weighted by atomic mass is 9.92. The van der Waals surface area contributed by atoms with Crippen molar-refractivity contribution in [2.24, 2.45) is 5.92 Å². The van der Waals surface area contributed by atoms with E-state index in [0.717, 1.165) is 6.07 Å². The summed E-state index contributed by atoms with van der Waals surface area (Å²) in [5.41, 5.74) is 1.03. The Morgan fingerprint density at radius 2 is 2.00 bits per heavy atom. The number of Topliss-reactive ketones (excluding diaryl/α,β-unsaturated/α-hetero) is 1. The van der Waals surface area contributed by atoms with Crippen molar-refractivity contribution in [1.29, 1.82) is 5.26 Å². The summed E-state index contributed by atoms with van der Waals surface area (Å²) in [5.74, 6) is -1.48. The van der Waals surface area contributed by atoms with Crippen molar-refractivity contribution in [3.05, 3.63) is 52.2 Å². The molecule has 1 aromatic heterocycles. The molecule has 0 radical (unpaired) electrons. The number of nitriles is 1. The van der Waals surface area contributed by atoms with Crippen LogP contribution in [0.3, 0.4) is 0 Å². The molecule has 0 aliphatic rings. The molecular formula is C20H22FN3O3. The summed E-state index contributed by atoms with van der Waals surface area (Å²) in [7, 11) is 0. The van der Waals surface area contributed by atoms with E-state index in [-0.39, 0.29) is 22.8 Å². The number of carbonyl (C=O) groups excluding carboxylic acids is 2. The van der Waals surface area contributed by atoms with E-state index in [4.69, 9.17) is 9.78 Å². The topological polar surface area (TPSA) is 96.0 Å². The Hall–Kier alpha value is -3.01. The average Bonchev–Trinajstić information content (AvgIpc) is 3.09. The Morgan fingerprint density at radius 1 is 1.30 bits per heavy atom. The van der Waals surface area contributed by atoms with Crippen LogP contribution in [0.1, 0.15) is 65.4 Å². The minimum Gasteiger partial charge on any atom is -0.360 e. The summed E-state index contributed by atoms with van der Waals surface area (Å²) in [6.07, 6.45) is 1.09. The number of hydrogen-bond acceptors (Lipinski definition) is 5. The summed E-state index contributed by atoms with van der Waals surface area (Å²) in [4.78, 5) is 25.3. The molecule has 0 saturated heterocycles. The minimum absolute atomic E-state index is 0.118. The summed E-state index contributed by atoms with van der Waals surface area (Å²) < 4.78 is 19.0. The van der Waals surface area contributed by atoms with E-state index >= 15 is 0 Å². The van der Waals surface area contributed by atoms with E-state index in [0.29, 0.717) is 29.9 Å². The Bertz CT molecular complexity index is 877. The molecule has 1 aromatic carbocycles. The predicted octanol–water partition coefficient (Wildman–Crippen LogP) is 3.45. The zero-order valence-corrected chi connectivity index (χ0v) is 15.8. The summed E-state index contributed by atoms with van der Waals surface area (Å²) >= 11 is 0. The maximum Gasteiger partial charge on any atom is 0.257 e. The molecule has 6 nitrogen and oxygen atoms in total. The van der Waals surface area contributed by atoms with Crippen LogP contribution in [0.5, 0.6) is 0 Å². The van der Waals surface area contributed by atoms with Gasteiger partial charge in [-0.3, -0.25) is 9.59 Å². The quantitative estimate of drug-likeness (QED) is 0.752. The number of hydrogen-bond donors (Lipinski definition) is 1. The van der Waals surface area contributed by atoms with Crippen LogP contribution in [0.4, 0.5) is 4.39 Å². The van der Waals surface area contributed by atoms with Crippen LogP contribution in [-0.2, 0) is 12.8 Å². The monoisotopic (exact) mass is 371 g/mol. The Kier molecular flexibility index (Phi) is 6.45. The lowest BCUT2D eigenvalue weighted by Crippen LogP contribution is -2.40. The number of halogens is 1. The Balaban J connectivity index is 2.15. The van der Waals surface area contributed by atoms with Gasteiger partial charge in [-0.05, 0) is 31.5 Å². The molecule has 2 atom stereocenters. The van der Waals surface area contributed by atoms with Gasteiger partial charge < -0.3 is 9.84 Å². The number of nitrogens with zero attached hydrogens (tertiary/aromatic N) is 2. The SMILES string of the molecule is CCc1noc(CC)c1C(=O)NC(C)C(C)C(=O)c1ccc(C#N)c(F)c1. The van der Waals surface area contributed by atoms with Gasteiger partial charge in [0.15, 0.2) is 5.78 Å². The van der Waals surface area contributed by atoms with E-state index in [1.54, 1.807) is 19.9 Å². The number of amides is 1. The molecule has 142 valence electrons. The third-order valence-corrected chi connectivity index (χ3v) is 4.61. The fourth-order valence-corrected chi connectivity index (χ4v) is 2.76. The smallest absolute Gasteiger partial charge is 0.257 e. The average molecular weight is 371 g/mol. The maximum atomic E-state index is 13.8. The molecule has 1 N–H and O–H groups in total. The molecule has 0 spiro atoms. The van der Waals surface area contributed by atoms with Crippen molar-refractivity contribution >= 4 is 11.7 Å². The van der Waals surface area contributed by atoms with Gasteiger partial charge in [0, 0.05) is 23.9 Å². The number of aryl methyl sites for hydroxylation is 2. The molecule has 1 heterocycles. The number of rotatable bonds is 7. The van der Waals surface area contributed by atoms with Crippen molar-refractivity contribution in [2.45, 2.75) is 46.6 Å². The number of benzene rings is 1. The fourth-order valence-electron chi connectivity index (χ4n) is 2.76. The molecule has 0 saturated carbocycles. The highest BCUT2D eigenvalue weighted by atomic mass is 19.1. The second kappa shape index (κ2) is 8.58. The molecular weight excluding hydrogens is 349 g/mol. The first-order valence-corrected chi connectivity index (χ1v) is 8.86. The van der Waals surface area contributed by atoms with Gasteiger partial charge >= 0.3 is 0 Å². The van der Waals surface area contributed by atoms with Crippen molar-refractivity contribution in [1.82, 2.24) is 10.5 Å². The third-order valence-electron chi connectivity index (χ3n) is 4.61. The maximum absolute atomic E-state index is 13.8. The lowest BCUT2D eigenvalue weighted by Gasteiger charge is -2.20. The minimum atomic E-state index is -0.739. The van der Waals surface area contributed by atoms with Crippen LogP contribution in [0.2, 0.25) is 0 Å². The first kappa shape index (κ1) is 20.3. The Labute approximate surface area is 157 Å². The first-order valence-electron chi connectivity index (χ1n) is 8.86. The summed E-state index contributed by atoms with van der Waals surface area (Å²) in [6, 6.07) is 4.97. The van der Waals surface area contributed by atoms with Gasteiger partial charge in [0.05, 0.1) is 11.3 Å². The van der Waals surface area contributed by atoms with Gasteiger partial charge in [-0.2, -0.15) is 5.26 Å². The highest BCUT2D eigenvalue weighted by molar-refractivity contribution is 6.00. The predicted molar refractivity (Wildman–Crippen MR) is 96.8 cm³/mol. The summed E-state index contributed by atoms with van der Waals surface area (Å²) in [5, 5.41) is 15.5. The van der Waals surface area contributed by atoms with Gasteiger partial charge in [-0.1, -0.05) is 25.9 Å². The van der Waals surface area contributed by atoms with Crippen LogP contribution < -0.4 is 5.32 Å². The number of nitrogens with one attached hydrogen (secondary N) is 1. The standard InChI is InChI=1S/C20H22FN3O3/c1-5-16-18(17(6-2)27-24-16)20(26)23-12(4)11(3)19(25)13-7-8-14(10-22)15(21)9-13/h7-9,11-12H,5-6H2,1-4H3,(H,23,26). The number of aromatic nitrogens is 1. The van der Waals surface area contributed by atoms with Crippen LogP contribution in [0, 0.1) is 23.1 Å². The van der Waals surface area contributed by atoms with Crippen LogP contribution in [-0.4, -0.2) is 22.9 Å². The van der Waals surface area contributed by atoms with Crippen LogP contribution >= 0.6 is 0 Å². The molecule has 27 heavy (non-hydrogen) atoms. The van der Waals surface area contributed by atoms with Crippen molar-refractivity contribution in [2.75, 3.05) is 0 Å². The Morgan fingerprint density at radius 3 is 2.56 bits per heavy atom. The molecule has 2 aromatic rings. The van der Waals surface area contributed by atoms with Gasteiger partial charge in [0.1, 0.15) is 23.2 Å². The lowest BCUT2D eigenvalue weighted by molar-refractivity contribution is 0.0867. The molecule has 7 heteroatoms. The molecule has 2 unspecified atom stereocenters. The molecule has 2 rings (SSSR count). The number of ketones is 1. The molecule has 0 bridgehead atoms. The molecule has 0 aliphatic heterocycles. The van der Waals surface area contributed by atoms with Gasteiger partial charge in [0.2, 0.25) is 0 Å². The second-order valence-corrected chi connectivity index (χ2v) is 6.36. The van der Waals surface area contributed by atoms with Crippen molar-refractivity contribution < 1.29 is 18.5 Å². The molecule has 1 amide bonds. The van der Waals surface area contributed by atoms with E-state index in [1.165, 1.54) is 12.1 Å². The first-order chi connectivity index (χ1) is 12.8. The molecule has 0 aliphatic carbocycles.